The smallest absolute Gasteiger partial charge is 0.256 e. The Kier molecular flexibility index (Phi) is 4.16. The van der Waals surface area contributed by atoms with Crippen molar-refractivity contribution in [2.45, 2.75) is 13.5 Å². The van der Waals surface area contributed by atoms with Crippen molar-refractivity contribution < 1.29 is 14.0 Å². The zero-order chi connectivity index (χ0) is 17.3. The summed E-state index contributed by atoms with van der Waals surface area (Å²) in [4.78, 5) is 26.2. The quantitative estimate of drug-likeness (QED) is 0.737. The van der Waals surface area contributed by atoms with E-state index in [2.05, 4.69) is 0 Å². The summed E-state index contributed by atoms with van der Waals surface area (Å²) in [6.07, 6.45) is 1.48. The van der Waals surface area contributed by atoms with E-state index in [0.717, 1.165) is 5.56 Å². The van der Waals surface area contributed by atoms with Gasteiger partial charge in [-0.2, -0.15) is 0 Å². The number of halogens is 1. The van der Waals surface area contributed by atoms with Gasteiger partial charge in [0.25, 0.3) is 5.91 Å². The van der Waals surface area contributed by atoms with Crippen molar-refractivity contribution in [2.75, 3.05) is 7.05 Å². The molecule has 5 heteroatoms. The topological polar surface area (TPSA) is 42.3 Å². The summed E-state index contributed by atoms with van der Waals surface area (Å²) in [5.74, 6) is -0.925. The van der Waals surface area contributed by atoms with E-state index in [1.54, 1.807) is 11.9 Å². The third-order valence-electron chi connectivity index (χ3n) is 3.95. The van der Waals surface area contributed by atoms with Crippen LogP contribution in [0.15, 0.2) is 54.7 Å². The predicted molar refractivity (Wildman–Crippen MR) is 90.4 cm³/mol. The lowest BCUT2D eigenvalue weighted by molar-refractivity contribution is 0.0787. The summed E-state index contributed by atoms with van der Waals surface area (Å²) >= 11 is 0. The number of carbonyl (C=O) groups is 2. The van der Waals surface area contributed by atoms with Crippen molar-refractivity contribution in [1.29, 1.82) is 0 Å². The Labute approximate surface area is 139 Å². The molecule has 4 nitrogen and oxygen atoms in total. The van der Waals surface area contributed by atoms with Gasteiger partial charge in [0.15, 0.2) is 0 Å². The minimum Gasteiger partial charge on any atom is -0.337 e. The molecule has 2 aromatic carbocycles. The molecular formula is C19H17FN2O2. The van der Waals surface area contributed by atoms with Crippen LogP contribution in [0.25, 0.3) is 10.9 Å². The fourth-order valence-electron chi connectivity index (χ4n) is 2.77. The first-order chi connectivity index (χ1) is 11.5. The van der Waals surface area contributed by atoms with Crippen molar-refractivity contribution in [3.8, 4) is 0 Å². The summed E-state index contributed by atoms with van der Waals surface area (Å²) in [5, 5.41) is 0.566. The Morgan fingerprint density at radius 1 is 1.12 bits per heavy atom. The van der Waals surface area contributed by atoms with Gasteiger partial charge in [-0.15, -0.1) is 0 Å². The van der Waals surface area contributed by atoms with E-state index >= 15 is 0 Å². The zero-order valence-corrected chi connectivity index (χ0v) is 13.5. The summed E-state index contributed by atoms with van der Waals surface area (Å²) < 4.78 is 14.8. The Hall–Kier alpha value is -2.95. The Morgan fingerprint density at radius 2 is 1.83 bits per heavy atom. The van der Waals surface area contributed by atoms with Crippen molar-refractivity contribution in [3.63, 3.8) is 0 Å². The molecule has 3 rings (SSSR count). The van der Waals surface area contributed by atoms with Crippen LogP contribution in [-0.2, 0) is 6.54 Å². The summed E-state index contributed by atoms with van der Waals surface area (Å²) in [6.45, 7) is 1.83. The summed E-state index contributed by atoms with van der Waals surface area (Å²) in [6, 6.07) is 13.7. The molecule has 1 heterocycles. The van der Waals surface area contributed by atoms with Gasteiger partial charge in [-0.3, -0.25) is 14.2 Å². The average Bonchev–Trinajstić information content (AvgIpc) is 2.93. The first-order valence-corrected chi connectivity index (χ1v) is 7.58. The van der Waals surface area contributed by atoms with Crippen LogP contribution >= 0.6 is 0 Å². The van der Waals surface area contributed by atoms with Crippen LogP contribution in [0.3, 0.4) is 0 Å². The highest BCUT2D eigenvalue weighted by Gasteiger charge is 2.20. The number of amides is 1. The van der Waals surface area contributed by atoms with Crippen molar-refractivity contribution in [1.82, 2.24) is 9.47 Å². The normalized spacial score (nSPS) is 10.8. The Balaban J connectivity index is 1.99. The van der Waals surface area contributed by atoms with E-state index in [-0.39, 0.29) is 11.8 Å². The van der Waals surface area contributed by atoms with Crippen LogP contribution < -0.4 is 0 Å². The van der Waals surface area contributed by atoms with E-state index in [0.29, 0.717) is 23.0 Å². The second-order valence-electron chi connectivity index (χ2n) is 5.74. The van der Waals surface area contributed by atoms with Crippen LogP contribution in [0.2, 0.25) is 0 Å². The predicted octanol–water partition coefficient (Wildman–Crippen LogP) is 3.71. The molecule has 122 valence electrons. The van der Waals surface area contributed by atoms with E-state index in [4.69, 9.17) is 0 Å². The SMILES string of the molecule is CC(=O)n1cc(C(=O)N(C)Cc2ccccc2)c2ccc(F)cc21. The molecule has 0 N–H and O–H groups in total. The third-order valence-corrected chi connectivity index (χ3v) is 3.95. The number of aromatic nitrogens is 1. The summed E-state index contributed by atoms with van der Waals surface area (Å²) in [7, 11) is 1.70. The standard InChI is InChI=1S/C19H17FN2O2/c1-13(23)22-12-17(16-9-8-15(20)10-18(16)22)19(24)21(2)11-14-6-4-3-5-7-14/h3-10,12H,11H2,1-2H3. The Morgan fingerprint density at radius 3 is 2.50 bits per heavy atom. The number of nitrogens with zero attached hydrogens (tertiary/aromatic N) is 2. The molecule has 3 aromatic rings. The third kappa shape index (κ3) is 2.93. The maximum Gasteiger partial charge on any atom is 0.256 e. The molecule has 0 radical (unpaired) electrons. The van der Waals surface area contributed by atoms with E-state index in [1.807, 2.05) is 30.3 Å². The molecule has 0 fully saturated rings. The van der Waals surface area contributed by atoms with Gasteiger partial charge in [-0.25, -0.2) is 4.39 Å². The number of carbonyl (C=O) groups excluding carboxylic acids is 2. The average molecular weight is 324 g/mol. The van der Waals surface area contributed by atoms with Crippen molar-refractivity contribution in [2.24, 2.45) is 0 Å². The number of fused-ring (bicyclic) bond motifs is 1. The molecule has 24 heavy (non-hydrogen) atoms. The fraction of sp³-hybridized carbons (Fsp3) is 0.158. The molecule has 0 bridgehead atoms. The van der Waals surface area contributed by atoms with Gasteiger partial charge in [0.1, 0.15) is 5.82 Å². The molecule has 0 saturated carbocycles. The maximum atomic E-state index is 13.5. The van der Waals surface area contributed by atoms with Crippen molar-refractivity contribution >= 4 is 22.7 Å². The van der Waals surface area contributed by atoms with Gasteiger partial charge in [0.2, 0.25) is 5.91 Å². The molecule has 1 amide bonds. The van der Waals surface area contributed by atoms with Crippen molar-refractivity contribution in [3.05, 3.63) is 71.7 Å². The van der Waals surface area contributed by atoms with Crippen LogP contribution in [0.4, 0.5) is 4.39 Å². The first-order valence-electron chi connectivity index (χ1n) is 7.58. The van der Waals surface area contributed by atoms with Gasteiger partial charge in [-0.1, -0.05) is 30.3 Å². The minimum atomic E-state index is -0.445. The highest BCUT2D eigenvalue weighted by atomic mass is 19.1. The lowest BCUT2D eigenvalue weighted by atomic mass is 10.1. The van der Waals surface area contributed by atoms with Gasteiger partial charge < -0.3 is 4.90 Å². The molecule has 1 aromatic heterocycles. The monoisotopic (exact) mass is 324 g/mol. The molecule has 0 saturated heterocycles. The molecular weight excluding hydrogens is 307 g/mol. The van der Waals surface area contributed by atoms with Gasteiger partial charge in [0, 0.05) is 32.1 Å². The second kappa shape index (κ2) is 6.28. The van der Waals surface area contributed by atoms with Crippen LogP contribution in [0.5, 0.6) is 0 Å². The van der Waals surface area contributed by atoms with Gasteiger partial charge in [0.05, 0.1) is 11.1 Å². The van der Waals surface area contributed by atoms with E-state index < -0.39 is 5.82 Å². The highest BCUT2D eigenvalue weighted by Crippen LogP contribution is 2.24. The summed E-state index contributed by atoms with van der Waals surface area (Å²) in [5.41, 5.74) is 1.80. The number of benzene rings is 2. The maximum absolute atomic E-state index is 13.5. The fourth-order valence-corrected chi connectivity index (χ4v) is 2.77. The molecule has 0 aliphatic carbocycles. The molecule has 0 atom stereocenters. The minimum absolute atomic E-state index is 0.213. The van der Waals surface area contributed by atoms with Gasteiger partial charge in [-0.05, 0) is 23.8 Å². The number of hydrogen-bond acceptors (Lipinski definition) is 2. The number of rotatable bonds is 3. The number of hydrogen-bond donors (Lipinski definition) is 0. The largest absolute Gasteiger partial charge is 0.337 e. The molecule has 0 unspecified atom stereocenters. The zero-order valence-electron chi connectivity index (χ0n) is 13.5. The van der Waals surface area contributed by atoms with E-state index in [9.17, 15) is 14.0 Å². The molecule has 0 spiro atoms. The lowest BCUT2D eigenvalue weighted by Crippen LogP contribution is -2.26. The van der Waals surface area contributed by atoms with Crippen LogP contribution in [0.1, 0.15) is 27.6 Å². The van der Waals surface area contributed by atoms with E-state index in [1.165, 1.54) is 35.9 Å². The second-order valence-corrected chi connectivity index (χ2v) is 5.74. The Bertz CT molecular complexity index is 916. The highest BCUT2D eigenvalue weighted by molar-refractivity contribution is 6.09. The lowest BCUT2D eigenvalue weighted by Gasteiger charge is -2.16. The van der Waals surface area contributed by atoms with Crippen LogP contribution in [-0.4, -0.2) is 28.3 Å². The molecule has 0 aliphatic rings. The van der Waals surface area contributed by atoms with Gasteiger partial charge >= 0.3 is 0 Å². The van der Waals surface area contributed by atoms with Crippen LogP contribution in [0, 0.1) is 5.82 Å². The first kappa shape index (κ1) is 15.9. The molecule has 0 aliphatic heterocycles.